The average molecular weight is 436 g/mol. The Bertz CT molecular complexity index is 978. The molecule has 28 heavy (non-hydrogen) atoms. The summed E-state index contributed by atoms with van der Waals surface area (Å²) in [6, 6.07) is 19.1. The van der Waals surface area contributed by atoms with Gasteiger partial charge >= 0.3 is 0 Å². The molecule has 0 saturated carbocycles. The first kappa shape index (κ1) is 20.5. The Balaban J connectivity index is 1.84. The van der Waals surface area contributed by atoms with Crippen molar-refractivity contribution in [3.05, 3.63) is 87.4 Å². The number of para-hydroxylation sites is 1. The van der Waals surface area contributed by atoms with E-state index in [1.54, 1.807) is 53.4 Å². The fourth-order valence-electron chi connectivity index (χ4n) is 2.63. The Hall–Kier alpha value is -2.24. The van der Waals surface area contributed by atoms with Crippen molar-refractivity contribution >= 4 is 46.4 Å². The summed E-state index contributed by atoms with van der Waals surface area (Å²) in [5.41, 5.74) is 6.74. The number of rotatable bonds is 6. The molecule has 0 aliphatic heterocycles. The van der Waals surface area contributed by atoms with E-state index < -0.39 is 0 Å². The van der Waals surface area contributed by atoms with Crippen LogP contribution in [0, 0.1) is 0 Å². The SMILES string of the molecule is NCCN(C(=O)c1ccc(Cl)cc1Cl)c1ccc(Oc2ccccc2Cl)cc1. The summed E-state index contributed by atoms with van der Waals surface area (Å²) >= 11 is 18.2. The van der Waals surface area contributed by atoms with Crippen LogP contribution >= 0.6 is 34.8 Å². The molecule has 0 aliphatic carbocycles. The van der Waals surface area contributed by atoms with Crippen molar-refractivity contribution in [1.82, 2.24) is 0 Å². The van der Waals surface area contributed by atoms with E-state index in [1.807, 2.05) is 12.1 Å². The predicted molar refractivity (Wildman–Crippen MR) is 115 cm³/mol. The molecular formula is C21H17Cl3N2O2. The van der Waals surface area contributed by atoms with E-state index in [4.69, 9.17) is 45.3 Å². The molecule has 0 bridgehead atoms. The molecule has 0 aromatic heterocycles. The second kappa shape index (κ2) is 9.30. The monoisotopic (exact) mass is 434 g/mol. The highest BCUT2D eigenvalue weighted by Gasteiger charge is 2.20. The fraction of sp³-hybridized carbons (Fsp3) is 0.0952. The Morgan fingerprint density at radius 1 is 0.929 bits per heavy atom. The van der Waals surface area contributed by atoms with Gasteiger partial charge in [0.05, 0.1) is 15.6 Å². The summed E-state index contributed by atoms with van der Waals surface area (Å²) in [5, 5.41) is 1.27. The first-order chi connectivity index (χ1) is 13.5. The van der Waals surface area contributed by atoms with Crippen molar-refractivity contribution in [3.63, 3.8) is 0 Å². The molecule has 4 nitrogen and oxygen atoms in total. The van der Waals surface area contributed by atoms with Crippen LogP contribution in [0.15, 0.2) is 66.7 Å². The Labute approximate surface area is 178 Å². The zero-order chi connectivity index (χ0) is 20.1. The zero-order valence-electron chi connectivity index (χ0n) is 14.7. The Kier molecular flexibility index (Phi) is 6.81. The van der Waals surface area contributed by atoms with E-state index in [9.17, 15) is 4.79 Å². The van der Waals surface area contributed by atoms with E-state index in [1.165, 1.54) is 6.07 Å². The van der Waals surface area contributed by atoms with Gasteiger partial charge in [0.15, 0.2) is 0 Å². The lowest BCUT2D eigenvalue weighted by Gasteiger charge is -2.23. The molecule has 0 spiro atoms. The molecule has 3 aromatic rings. The summed E-state index contributed by atoms with van der Waals surface area (Å²) < 4.78 is 5.79. The minimum absolute atomic E-state index is 0.258. The second-order valence-electron chi connectivity index (χ2n) is 5.90. The summed E-state index contributed by atoms with van der Waals surface area (Å²) in [5.74, 6) is 0.896. The molecule has 0 saturated heterocycles. The minimum Gasteiger partial charge on any atom is -0.456 e. The molecular weight excluding hydrogens is 419 g/mol. The number of hydrogen-bond donors (Lipinski definition) is 1. The van der Waals surface area contributed by atoms with Gasteiger partial charge in [0.2, 0.25) is 0 Å². The number of nitrogens with zero attached hydrogens (tertiary/aromatic N) is 1. The first-order valence-electron chi connectivity index (χ1n) is 8.49. The molecule has 0 fully saturated rings. The average Bonchev–Trinajstić information content (AvgIpc) is 2.68. The number of amides is 1. The van der Waals surface area contributed by atoms with Crippen molar-refractivity contribution in [2.24, 2.45) is 5.73 Å². The minimum atomic E-state index is -0.258. The summed E-state index contributed by atoms with van der Waals surface area (Å²) in [7, 11) is 0. The van der Waals surface area contributed by atoms with Crippen LogP contribution in [0.5, 0.6) is 11.5 Å². The van der Waals surface area contributed by atoms with E-state index in [0.717, 1.165) is 0 Å². The van der Waals surface area contributed by atoms with Gasteiger partial charge in [0, 0.05) is 23.8 Å². The lowest BCUT2D eigenvalue weighted by molar-refractivity contribution is 0.0987. The van der Waals surface area contributed by atoms with Gasteiger partial charge in [-0.3, -0.25) is 4.79 Å². The third kappa shape index (κ3) is 4.78. The first-order valence-corrected chi connectivity index (χ1v) is 9.62. The smallest absolute Gasteiger partial charge is 0.259 e. The standard InChI is InChI=1S/C21H17Cl3N2O2/c22-14-5-10-17(19(24)13-14)21(27)26(12-11-25)15-6-8-16(9-7-15)28-20-4-2-1-3-18(20)23/h1-10,13H,11-12,25H2. The van der Waals surface area contributed by atoms with Crippen LogP contribution in [0.2, 0.25) is 15.1 Å². The van der Waals surface area contributed by atoms with Crippen LogP contribution in [0.4, 0.5) is 5.69 Å². The zero-order valence-corrected chi connectivity index (χ0v) is 17.0. The summed E-state index contributed by atoms with van der Waals surface area (Å²) in [4.78, 5) is 14.5. The maximum atomic E-state index is 13.0. The molecule has 0 unspecified atom stereocenters. The lowest BCUT2D eigenvalue weighted by Crippen LogP contribution is -2.35. The molecule has 7 heteroatoms. The molecule has 144 valence electrons. The molecule has 3 aromatic carbocycles. The third-order valence-electron chi connectivity index (χ3n) is 3.97. The molecule has 0 atom stereocenters. The number of carbonyl (C=O) groups excluding carboxylic acids is 1. The number of anilines is 1. The maximum absolute atomic E-state index is 13.0. The van der Waals surface area contributed by atoms with Gasteiger partial charge in [0.25, 0.3) is 5.91 Å². The van der Waals surface area contributed by atoms with Crippen molar-refractivity contribution in [1.29, 1.82) is 0 Å². The van der Waals surface area contributed by atoms with Gasteiger partial charge < -0.3 is 15.4 Å². The second-order valence-corrected chi connectivity index (χ2v) is 7.15. The molecule has 1 amide bonds. The van der Waals surface area contributed by atoms with Gasteiger partial charge in [-0.25, -0.2) is 0 Å². The van der Waals surface area contributed by atoms with Crippen LogP contribution < -0.4 is 15.4 Å². The molecule has 0 aliphatic rings. The van der Waals surface area contributed by atoms with E-state index in [-0.39, 0.29) is 10.9 Å². The number of halogens is 3. The summed E-state index contributed by atoms with van der Waals surface area (Å²) in [6.45, 7) is 0.636. The van der Waals surface area contributed by atoms with Crippen molar-refractivity contribution < 1.29 is 9.53 Å². The molecule has 2 N–H and O–H groups in total. The van der Waals surface area contributed by atoms with Crippen molar-refractivity contribution in [3.8, 4) is 11.5 Å². The van der Waals surface area contributed by atoms with Gasteiger partial charge in [-0.2, -0.15) is 0 Å². The number of nitrogens with two attached hydrogens (primary N) is 1. The fourth-order valence-corrected chi connectivity index (χ4v) is 3.30. The summed E-state index contributed by atoms with van der Waals surface area (Å²) in [6.07, 6.45) is 0. The normalized spacial score (nSPS) is 10.6. The van der Waals surface area contributed by atoms with E-state index >= 15 is 0 Å². The van der Waals surface area contributed by atoms with Gasteiger partial charge in [-0.15, -0.1) is 0 Å². The number of benzene rings is 3. The Morgan fingerprint density at radius 3 is 2.29 bits per heavy atom. The van der Waals surface area contributed by atoms with E-state index in [0.29, 0.717) is 45.9 Å². The quantitative estimate of drug-likeness (QED) is 0.513. The largest absolute Gasteiger partial charge is 0.456 e. The highest BCUT2D eigenvalue weighted by Crippen LogP contribution is 2.31. The van der Waals surface area contributed by atoms with Crippen LogP contribution in [0.3, 0.4) is 0 Å². The number of carbonyl (C=O) groups is 1. The van der Waals surface area contributed by atoms with Crippen molar-refractivity contribution in [2.75, 3.05) is 18.0 Å². The predicted octanol–water partition coefficient (Wildman–Crippen LogP) is 6.04. The Morgan fingerprint density at radius 2 is 1.64 bits per heavy atom. The van der Waals surface area contributed by atoms with Crippen LogP contribution in [0.1, 0.15) is 10.4 Å². The van der Waals surface area contributed by atoms with Crippen LogP contribution in [-0.4, -0.2) is 19.0 Å². The topological polar surface area (TPSA) is 55.6 Å². The van der Waals surface area contributed by atoms with E-state index in [2.05, 4.69) is 0 Å². The van der Waals surface area contributed by atoms with Gasteiger partial charge in [0.1, 0.15) is 11.5 Å². The van der Waals surface area contributed by atoms with Crippen LogP contribution in [0.25, 0.3) is 0 Å². The molecule has 0 heterocycles. The third-order valence-corrected chi connectivity index (χ3v) is 4.83. The lowest BCUT2D eigenvalue weighted by atomic mass is 10.1. The van der Waals surface area contributed by atoms with Crippen molar-refractivity contribution in [2.45, 2.75) is 0 Å². The highest BCUT2D eigenvalue weighted by atomic mass is 35.5. The van der Waals surface area contributed by atoms with Gasteiger partial charge in [-0.05, 0) is 54.6 Å². The van der Waals surface area contributed by atoms with Crippen LogP contribution in [-0.2, 0) is 0 Å². The molecule has 3 rings (SSSR count). The maximum Gasteiger partial charge on any atom is 0.259 e. The van der Waals surface area contributed by atoms with Gasteiger partial charge in [-0.1, -0.05) is 46.9 Å². The number of hydrogen-bond acceptors (Lipinski definition) is 3. The number of ether oxygens (including phenoxy) is 1. The molecule has 0 radical (unpaired) electrons. The highest BCUT2D eigenvalue weighted by molar-refractivity contribution is 6.37.